The number of carboxylic acid groups (broad SMARTS) is 1. The van der Waals surface area contributed by atoms with Gasteiger partial charge in [0.1, 0.15) is 18.1 Å². The summed E-state index contributed by atoms with van der Waals surface area (Å²) in [4.78, 5) is 60.4. The number of rotatable bonds is 16. The van der Waals surface area contributed by atoms with E-state index < -0.39 is 53.8 Å². The van der Waals surface area contributed by atoms with E-state index in [0.717, 1.165) is 0 Å². The van der Waals surface area contributed by atoms with Gasteiger partial charge in [-0.3, -0.25) is 19.2 Å². The average molecular weight is 494 g/mol. The zero-order chi connectivity index (χ0) is 24.8. The Morgan fingerprint density at radius 1 is 0.938 bits per heavy atom. The lowest BCUT2D eigenvalue weighted by atomic mass is 10.0. The predicted molar refractivity (Wildman–Crippen MR) is 126 cm³/mol. The molecule has 0 saturated heterocycles. The number of hydrogen-bond donors (Lipinski definition) is 7. The minimum atomic E-state index is -1.21. The van der Waals surface area contributed by atoms with Gasteiger partial charge < -0.3 is 32.5 Å². The van der Waals surface area contributed by atoms with Crippen LogP contribution in [0.2, 0.25) is 0 Å². The fourth-order valence-corrected chi connectivity index (χ4v) is 3.29. The number of primary amides is 1. The number of carbonyl (C=O) groups is 5. The molecule has 0 saturated carbocycles. The number of carbonyl (C=O) groups excluding carboxylic acids is 4. The molecule has 11 nitrogen and oxygen atoms in total. The summed E-state index contributed by atoms with van der Waals surface area (Å²) in [5.41, 5.74) is 10.8. The molecule has 0 aliphatic rings. The quantitative estimate of drug-likeness (QED) is 0.131. The molecule has 4 unspecified atom stereocenters. The van der Waals surface area contributed by atoms with Crippen LogP contribution in [0.1, 0.15) is 39.5 Å². The second-order valence-electron chi connectivity index (χ2n) is 7.73. The standard InChI is InChI=1S/C19H35N5O6S2/c1-10(2)8-14(24-16(26)11(20)9-31)18(28)22-12(4-5-15(21)25)17(27)23-13(19(29)30)6-7-32-3/h10-14,31H,4-9,20H2,1-3H3,(H2,21,25)(H,22,28)(H,23,27)(H,24,26)(H,29,30). The second-order valence-corrected chi connectivity index (χ2v) is 9.08. The number of thioether (sulfide) groups is 1. The van der Waals surface area contributed by atoms with Gasteiger partial charge in [-0.2, -0.15) is 24.4 Å². The maximum Gasteiger partial charge on any atom is 0.326 e. The molecule has 4 atom stereocenters. The Morgan fingerprint density at radius 3 is 1.94 bits per heavy atom. The molecular formula is C19H35N5O6S2. The van der Waals surface area contributed by atoms with Crippen LogP contribution in [0.25, 0.3) is 0 Å². The predicted octanol–water partition coefficient (Wildman–Crippen LogP) is -1.15. The highest BCUT2D eigenvalue weighted by Gasteiger charge is 2.30. The zero-order valence-electron chi connectivity index (χ0n) is 18.6. The van der Waals surface area contributed by atoms with Gasteiger partial charge in [0.25, 0.3) is 0 Å². The number of thiol groups is 1. The molecular weight excluding hydrogens is 458 g/mol. The Hall–Kier alpha value is -1.99. The molecule has 0 heterocycles. The first-order valence-electron chi connectivity index (χ1n) is 10.2. The molecule has 8 N–H and O–H groups in total. The molecule has 0 aromatic heterocycles. The van der Waals surface area contributed by atoms with Gasteiger partial charge in [-0.05, 0) is 37.2 Å². The van der Waals surface area contributed by atoms with Crippen LogP contribution in [0.5, 0.6) is 0 Å². The summed E-state index contributed by atoms with van der Waals surface area (Å²) in [6, 6.07) is -4.26. The molecule has 0 rings (SSSR count). The lowest BCUT2D eigenvalue weighted by Gasteiger charge is -2.25. The summed E-state index contributed by atoms with van der Waals surface area (Å²) < 4.78 is 0. The molecule has 0 spiro atoms. The van der Waals surface area contributed by atoms with Crippen molar-refractivity contribution in [3.8, 4) is 0 Å². The average Bonchev–Trinajstić information content (AvgIpc) is 2.71. The third-order valence-electron chi connectivity index (χ3n) is 4.41. The highest BCUT2D eigenvalue weighted by atomic mass is 32.2. The number of aliphatic carboxylic acids is 1. The van der Waals surface area contributed by atoms with Crippen LogP contribution in [-0.2, 0) is 24.0 Å². The van der Waals surface area contributed by atoms with E-state index in [1.165, 1.54) is 11.8 Å². The molecule has 13 heteroatoms. The van der Waals surface area contributed by atoms with Crippen LogP contribution in [0.4, 0.5) is 0 Å². The van der Waals surface area contributed by atoms with Gasteiger partial charge in [-0.25, -0.2) is 4.79 Å². The monoisotopic (exact) mass is 493 g/mol. The van der Waals surface area contributed by atoms with Gasteiger partial charge in [0.15, 0.2) is 0 Å². The molecule has 0 aliphatic heterocycles. The molecule has 0 aliphatic carbocycles. The first kappa shape index (κ1) is 30.0. The van der Waals surface area contributed by atoms with Crippen molar-refractivity contribution in [2.75, 3.05) is 17.8 Å². The zero-order valence-corrected chi connectivity index (χ0v) is 20.3. The third kappa shape index (κ3) is 12.2. The van der Waals surface area contributed by atoms with Crippen molar-refractivity contribution in [1.82, 2.24) is 16.0 Å². The summed E-state index contributed by atoms with van der Waals surface area (Å²) in [5, 5.41) is 16.8. The largest absolute Gasteiger partial charge is 0.480 e. The minimum Gasteiger partial charge on any atom is -0.480 e. The van der Waals surface area contributed by atoms with E-state index in [0.29, 0.717) is 5.75 Å². The molecule has 0 fully saturated rings. The summed E-state index contributed by atoms with van der Waals surface area (Å²) in [6.07, 6.45) is 1.94. The van der Waals surface area contributed by atoms with Crippen LogP contribution in [-0.4, -0.2) is 76.6 Å². The molecule has 184 valence electrons. The first-order valence-corrected chi connectivity index (χ1v) is 12.2. The SMILES string of the molecule is CSCCC(NC(=O)C(CCC(N)=O)NC(=O)C(CC(C)C)NC(=O)C(N)CS)C(=O)O. The maximum atomic E-state index is 12.9. The minimum absolute atomic E-state index is 0.0270. The summed E-state index contributed by atoms with van der Waals surface area (Å²) in [5.74, 6) is -3.25. The van der Waals surface area contributed by atoms with E-state index in [2.05, 4.69) is 28.6 Å². The maximum absolute atomic E-state index is 12.9. The van der Waals surface area contributed by atoms with Gasteiger partial charge in [0.05, 0.1) is 6.04 Å². The molecule has 32 heavy (non-hydrogen) atoms. The smallest absolute Gasteiger partial charge is 0.326 e. The first-order chi connectivity index (χ1) is 14.9. The van der Waals surface area contributed by atoms with Crippen LogP contribution in [0, 0.1) is 5.92 Å². The Balaban J connectivity index is 5.49. The number of hydrogen-bond acceptors (Lipinski definition) is 8. The van der Waals surface area contributed by atoms with Crippen LogP contribution in [0.15, 0.2) is 0 Å². The molecule has 0 radical (unpaired) electrons. The molecule has 4 amide bonds. The van der Waals surface area contributed by atoms with Crippen molar-refractivity contribution in [3.63, 3.8) is 0 Å². The third-order valence-corrected chi connectivity index (χ3v) is 5.45. The lowest BCUT2D eigenvalue weighted by molar-refractivity contribution is -0.142. The Kier molecular flexibility index (Phi) is 14.8. The fourth-order valence-electron chi connectivity index (χ4n) is 2.66. The highest BCUT2D eigenvalue weighted by molar-refractivity contribution is 7.98. The van der Waals surface area contributed by atoms with Gasteiger partial charge in [-0.15, -0.1) is 0 Å². The van der Waals surface area contributed by atoms with E-state index in [1.54, 1.807) is 6.26 Å². The van der Waals surface area contributed by atoms with Crippen LogP contribution >= 0.6 is 24.4 Å². The molecule has 0 aromatic carbocycles. The van der Waals surface area contributed by atoms with Crippen LogP contribution in [0.3, 0.4) is 0 Å². The molecule has 0 bridgehead atoms. The number of carboxylic acids is 1. The highest BCUT2D eigenvalue weighted by Crippen LogP contribution is 2.08. The lowest BCUT2D eigenvalue weighted by Crippen LogP contribution is -2.57. The van der Waals surface area contributed by atoms with Crippen molar-refractivity contribution < 1.29 is 29.1 Å². The van der Waals surface area contributed by atoms with Crippen molar-refractivity contribution in [2.24, 2.45) is 17.4 Å². The van der Waals surface area contributed by atoms with Crippen molar-refractivity contribution in [1.29, 1.82) is 0 Å². The van der Waals surface area contributed by atoms with Crippen molar-refractivity contribution >= 4 is 54.0 Å². The fraction of sp³-hybridized carbons (Fsp3) is 0.737. The van der Waals surface area contributed by atoms with E-state index >= 15 is 0 Å². The van der Waals surface area contributed by atoms with Gasteiger partial charge >= 0.3 is 5.97 Å². The van der Waals surface area contributed by atoms with Gasteiger partial charge in [-0.1, -0.05) is 13.8 Å². The topological polar surface area (TPSA) is 194 Å². The van der Waals surface area contributed by atoms with E-state index in [9.17, 15) is 29.1 Å². The summed E-state index contributed by atoms with van der Waals surface area (Å²) in [7, 11) is 0. The van der Waals surface area contributed by atoms with Gasteiger partial charge in [0.2, 0.25) is 23.6 Å². The number of nitrogens with one attached hydrogen (secondary N) is 3. The van der Waals surface area contributed by atoms with Crippen molar-refractivity contribution in [2.45, 2.75) is 63.7 Å². The van der Waals surface area contributed by atoms with Crippen LogP contribution < -0.4 is 27.4 Å². The van der Waals surface area contributed by atoms with E-state index in [1.807, 2.05) is 13.8 Å². The van der Waals surface area contributed by atoms with Gasteiger partial charge in [0, 0.05) is 12.2 Å². The molecule has 0 aromatic rings. The Bertz CT molecular complexity index is 664. The Morgan fingerprint density at radius 2 is 1.47 bits per heavy atom. The summed E-state index contributed by atoms with van der Waals surface area (Å²) >= 11 is 5.39. The normalized spacial score (nSPS) is 14.7. The Labute approximate surface area is 198 Å². The van der Waals surface area contributed by atoms with Crippen molar-refractivity contribution in [3.05, 3.63) is 0 Å². The van der Waals surface area contributed by atoms with E-state index in [4.69, 9.17) is 11.5 Å². The summed E-state index contributed by atoms with van der Waals surface area (Å²) in [6.45, 7) is 3.71. The number of nitrogens with two attached hydrogens (primary N) is 2. The number of amides is 4. The second kappa shape index (κ2) is 15.8. The van der Waals surface area contributed by atoms with E-state index in [-0.39, 0.29) is 37.4 Å².